The molecule has 0 amide bonds. The van der Waals surface area contributed by atoms with Gasteiger partial charge in [-0.2, -0.15) is 4.98 Å². The number of nitrogens with zero attached hydrogens (tertiary/aromatic N) is 3. The van der Waals surface area contributed by atoms with Crippen LogP contribution in [0.2, 0.25) is 0 Å². The molecular formula is C20H26N4O2S. The third-order valence-electron chi connectivity index (χ3n) is 4.24. The van der Waals surface area contributed by atoms with E-state index in [0.29, 0.717) is 11.5 Å². The summed E-state index contributed by atoms with van der Waals surface area (Å²) in [4.78, 5) is 17.5. The predicted molar refractivity (Wildman–Crippen MR) is 108 cm³/mol. The number of unbranched alkanes of at least 4 members (excludes halogenated alkanes) is 1. The Bertz CT molecular complexity index is 830. The lowest BCUT2D eigenvalue weighted by Gasteiger charge is -2.28. The number of carbonyl (C=O) groups is 1. The Kier molecular flexibility index (Phi) is 6.21. The second-order valence-electron chi connectivity index (χ2n) is 6.80. The Balaban J connectivity index is 2.01. The van der Waals surface area contributed by atoms with Gasteiger partial charge in [-0.15, -0.1) is 5.10 Å². The van der Waals surface area contributed by atoms with Gasteiger partial charge in [0.15, 0.2) is 0 Å². The third kappa shape index (κ3) is 4.35. The quantitative estimate of drug-likeness (QED) is 0.432. The highest BCUT2D eigenvalue weighted by molar-refractivity contribution is 7.99. The van der Waals surface area contributed by atoms with Gasteiger partial charge in [-0.05, 0) is 32.8 Å². The Morgan fingerprint density at radius 1 is 1.33 bits per heavy atom. The first-order valence-corrected chi connectivity index (χ1v) is 10.3. The summed E-state index contributed by atoms with van der Waals surface area (Å²) in [6.45, 7) is 7.75. The van der Waals surface area contributed by atoms with Gasteiger partial charge in [0.2, 0.25) is 11.1 Å². The molecule has 144 valence electrons. The molecule has 0 saturated heterocycles. The Labute approximate surface area is 164 Å². The molecule has 6 nitrogen and oxygen atoms in total. The number of aromatic nitrogens is 3. The van der Waals surface area contributed by atoms with E-state index >= 15 is 0 Å². The molecule has 3 rings (SSSR count). The molecule has 1 aliphatic rings. The lowest BCUT2D eigenvalue weighted by atomic mass is 9.96. The van der Waals surface area contributed by atoms with E-state index in [2.05, 4.69) is 17.2 Å². The van der Waals surface area contributed by atoms with Crippen LogP contribution in [0.15, 0.2) is 46.8 Å². The first-order chi connectivity index (χ1) is 13.0. The van der Waals surface area contributed by atoms with Crippen LogP contribution in [0.4, 0.5) is 5.95 Å². The van der Waals surface area contributed by atoms with Gasteiger partial charge >= 0.3 is 5.97 Å². The lowest BCUT2D eigenvalue weighted by Crippen LogP contribution is -2.30. The number of hydrogen-bond acceptors (Lipinski definition) is 6. The van der Waals surface area contributed by atoms with Crippen molar-refractivity contribution in [2.24, 2.45) is 0 Å². The SMILES string of the molecule is CCCCSc1nc2n(n1)C(c1ccccc1)C(C(=O)OC(C)C)=C(C)N2. The summed E-state index contributed by atoms with van der Waals surface area (Å²) in [5, 5.41) is 8.64. The molecule has 0 bridgehead atoms. The van der Waals surface area contributed by atoms with E-state index < -0.39 is 0 Å². The first-order valence-electron chi connectivity index (χ1n) is 9.34. The van der Waals surface area contributed by atoms with Gasteiger partial charge in [0.25, 0.3) is 0 Å². The molecule has 0 radical (unpaired) electrons. The Morgan fingerprint density at radius 2 is 2.07 bits per heavy atom. The number of benzene rings is 1. The van der Waals surface area contributed by atoms with Crippen LogP contribution in [-0.2, 0) is 9.53 Å². The van der Waals surface area contributed by atoms with Crippen LogP contribution in [0, 0.1) is 0 Å². The normalized spacial score (nSPS) is 16.3. The molecule has 1 aromatic carbocycles. The first kappa shape index (κ1) is 19.5. The number of nitrogens with one attached hydrogen (secondary N) is 1. The average molecular weight is 387 g/mol. The number of rotatable bonds is 7. The van der Waals surface area contributed by atoms with Crippen molar-refractivity contribution in [3.8, 4) is 0 Å². The van der Waals surface area contributed by atoms with Gasteiger partial charge in [-0.25, -0.2) is 9.48 Å². The molecule has 0 spiro atoms. The molecule has 2 aromatic rings. The van der Waals surface area contributed by atoms with Crippen molar-refractivity contribution in [1.82, 2.24) is 14.8 Å². The van der Waals surface area contributed by atoms with E-state index in [1.165, 1.54) is 0 Å². The number of fused-ring (bicyclic) bond motifs is 1. The van der Waals surface area contributed by atoms with E-state index in [1.807, 2.05) is 51.1 Å². The highest BCUT2D eigenvalue weighted by Gasteiger charge is 2.35. The second-order valence-corrected chi connectivity index (χ2v) is 7.86. The fourth-order valence-corrected chi connectivity index (χ4v) is 3.90. The van der Waals surface area contributed by atoms with Crippen molar-refractivity contribution in [2.45, 2.75) is 57.8 Å². The smallest absolute Gasteiger partial charge is 0.338 e. The number of carbonyl (C=O) groups excluding carboxylic acids is 1. The van der Waals surface area contributed by atoms with E-state index in [4.69, 9.17) is 9.84 Å². The van der Waals surface area contributed by atoms with Crippen LogP contribution in [0.5, 0.6) is 0 Å². The summed E-state index contributed by atoms with van der Waals surface area (Å²) in [5.74, 6) is 1.30. The van der Waals surface area contributed by atoms with E-state index in [9.17, 15) is 4.79 Å². The lowest BCUT2D eigenvalue weighted by molar-refractivity contribution is -0.143. The van der Waals surface area contributed by atoms with E-state index in [1.54, 1.807) is 16.4 Å². The minimum absolute atomic E-state index is 0.188. The standard InChI is InChI=1S/C20H26N4O2S/c1-5-6-12-27-20-22-19-21-14(4)16(18(25)26-13(2)3)17(24(19)23-20)15-10-8-7-9-11-15/h7-11,13,17H,5-6,12H2,1-4H3,(H,21,22,23). The average Bonchev–Trinajstić information content (AvgIpc) is 3.03. The zero-order valence-electron chi connectivity index (χ0n) is 16.2. The second kappa shape index (κ2) is 8.61. The number of hydrogen-bond donors (Lipinski definition) is 1. The van der Waals surface area contributed by atoms with Gasteiger partial charge in [-0.3, -0.25) is 0 Å². The topological polar surface area (TPSA) is 69.0 Å². The summed E-state index contributed by atoms with van der Waals surface area (Å²) in [7, 11) is 0. The fourth-order valence-electron chi connectivity index (χ4n) is 2.99. The molecule has 0 saturated carbocycles. The van der Waals surface area contributed by atoms with Crippen LogP contribution < -0.4 is 5.32 Å². The maximum atomic E-state index is 12.8. The van der Waals surface area contributed by atoms with Crippen LogP contribution in [-0.4, -0.2) is 32.6 Å². The minimum Gasteiger partial charge on any atom is -0.459 e. The fraction of sp³-hybridized carbons (Fsp3) is 0.450. The number of anilines is 1. The molecule has 0 fully saturated rings. The predicted octanol–water partition coefficient (Wildman–Crippen LogP) is 4.41. The maximum Gasteiger partial charge on any atom is 0.338 e. The molecule has 1 N–H and O–H groups in total. The maximum absolute atomic E-state index is 12.8. The molecule has 0 aliphatic carbocycles. The van der Waals surface area contributed by atoms with Gasteiger partial charge in [0.1, 0.15) is 6.04 Å². The number of ether oxygens (including phenoxy) is 1. The third-order valence-corrected chi connectivity index (χ3v) is 5.16. The zero-order valence-corrected chi connectivity index (χ0v) is 17.0. The summed E-state index contributed by atoms with van der Waals surface area (Å²) in [6.07, 6.45) is 2.07. The van der Waals surface area contributed by atoms with Crippen LogP contribution in [0.1, 0.15) is 52.1 Å². The zero-order chi connectivity index (χ0) is 19.4. The number of thioether (sulfide) groups is 1. The van der Waals surface area contributed by atoms with Crippen molar-refractivity contribution in [3.05, 3.63) is 47.2 Å². The van der Waals surface area contributed by atoms with Gasteiger partial charge in [-0.1, -0.05) is 55.4 Å². The van der Waals surface area contributed by atoms with Gasteiger partial charge in [0.05, 0.1) is 11.7 Å². The van der Waals surface area contributed by atoms with Crippen molar-refractivity contribution >= 4 is 23.7 Å². The molecular weight excluding hydrogens is 360 g/mol. The van der Waals surface area contributed by atoms with Crippen molar-refractivity contribution in [2.75, 3.05) is 11.1 Å². The molecule has 7 heteroatoms. The summed E-state index contributed by atoms with van der Waals surface area (Å²) < 4.78 is 7.31. The van der Waals surface area contributed by atoms with Crippen molar-refractivity contribution in [1.29, 1.82) is 0 Å². The summed E-state index contributed by atoms with van der Waals surface area (Å²) in [5.41, 5.74) is 2.29. The molecule has 1 unspecified atom stereocenters. The molecule has 2 heterocycles. The van der Waals surface area contributed by atoms with Crippen LogP contribution >= 0.6 is 11.8 Å². The van der Waals surface area contributed by atoms with Gasteiger partial charge in [0, 0.05) is 11.4 Å². The largest absolute Gasteiger partial charge is 0.459 e. The van der Waals surface area contributed by atoms with Crippen molar-refractivity contribution < 1.29 is 9.53 Å². The molecule has 27 heavy (non-hydrogen) atoms. The van der Waals surface area contributed by atoms with Crippen molar-refractivity contribution in [3.63, 3.8) is 0 Å². The Morgan fingerprint density at radius 3 is 2.74 bits per heavy atom. The van der Waals surface area contributed by atoms with Crippen LogP contribution in [0.3, 0.4) is 0 Å². The monoisotopic (exact) mass is 386 g/mol. The van der Waals surface area contributed by atoms with E-state index in [0.717, 1.165) is 35.0 Å². The molecule has 1 aromatic heterocycles. The minimum atomic E-state index is -0.360. The highest BCUT2D eigenvalue weighted by atomic mass is 32.2. The molecule has 1 atom stereocenters. The summed E-state index contributed by atoms with van der Waals surface area (Å²) in [6, 6.07) is 9.53. The summed E-state index contributed by atoms with van der Waals surface area (Å²) >= 11 is 1.64. The molecule has 1 aliphatic heterocycles. The number of esters is 1. The highest BCUT2D eigenvalue weighted by Crippen LogP contribution is 2.36. The number of allylic oxidation sites excluding steroid dienone is 1. The Hall–Kier alpha value is -2.28. The van der Waals surface area contributed by atoms with Gasteiger partial charge < -0.3 is 10.1 Å². The van der Waals surface area contributed by atoms with E-state index in [-0.39, 0.29) is 18.1 Å². The van der Waals surface area contributed by atoms with Crippen LogP contribution in [0.25, 0.3) is 0 Å².